The second-order valence-electron chi connectivity index (χ2n) is 4.44. The highest BCUT2D eigenvalue weighted by Crippen LogP contribution is 2.20. The first kappa shape index (κ1) is 15.2. The molecule has 0 unspecified atom stereocenters. The third-order valence-electron chi connectivity index (χ3n) is 2.82. The van der Waals surface area contributed by atoms with Gasteiger partial charge in [0.25, 0.3) is 5.91 Å². The van der Waals surface area contributed by atoms with Crippen LogP contribution in [0.5, 0.6) is 11.5 Å². The Labute approximate surface area is 128 Å². The van der Waals surface area contributed by atoms with E-state index in [4.69, 9.17) is 21.1 Å². The topological polar surface area (TPSA) is 47.6 Å². The molecule has 1 amide bonds. The van der Waals surface area contributed by atoms with Crippen LogP contribution in [-0.2, 0) is 4.79 Å². The molecule has 0 radical (unpaired) electrons. The van der Waals surface area contributed by atoms with E-state index in [2.05, 4.69) is 5.32 Å². The van der Waals surface area contributed by atoms with Crippen LogP contribution in [0.15, 0.2) is 48.5 Å². The molecule has 1 N–H and O–H groups in total. The predicted octanol–water partition coefficient (Wildman–Crippen LogP) is 3.75. The molecule has 0 saturated carbocycles. The molecule has 0 aliphatic rings. The molecule has 0 bridgehead atoms. The number of rotatable bonds is 5. The molecule has 0 saturated heterocycles. The van der Waals surface area contributed by atoms with Gasteiger partial charge in [0.2, 0.25) is 0 Å². The van der Waals surface area contributed by atoms with Gasteiger partial charge in [0.05, 0.1) is 7.11 Å². The van der Waals surface area contributed by atoms with Gasteiger partial charge >= 0.3 is 0 Å². The number of nitrogens with one attached hydrogen (secondary N) is 1. The van der Waals surface area contributed by atoms with Gasteiger partial charge in [0.15, 0.2) is 6.10 Å². The fraction of sp³-hybridized carbons (Fsp3) is 0.188. The van der Waals surface area contributed by atoms with E-state index in [-0.39, 0.29) is 5.91 Å². The summed E-state index contributed by atoms with van der Waals surface area (Å²) >= 11 is 5.88. The lowest BCUT2D eigenvalue weighted by molar-refractivity contribution is -0.122. The molecule has 0 aromatic heterocycles. The van der Waals surface area contributed by atoms with Crippen LogP contribution in [0.4, 0.5) is 5.69 Å². The second kappa shape index (κ2) is 6.99. The summed E-state index contributed by atoms with van der Waals surface area (Å²) in [5.74, 6) is 0.982. The molecule has 2 aromatic rings. The maximum atomic E-state index is 12.1. The Morgan fingerprint density at radius 2 is 1.86 bits per heavy atom. The highest BCUT2D eigenvalue weighted by Gasteiger charge is 2.15. The molecule has 0 aliphatic carbocycles. The van der Waals surface area contributed by atoms with Crippen LogP contribution >= 0.6 is 11.6 Å². The lowest BCUT2D eigenvalue weighted by Crippen LogP contribution is -2.30. The molecule has 2 aromatic carbocycles. The monoisotopic (exact) mass is 305 g/mol. The summed E-state index contributed by atoms with van der Waals surface area (Å²) in [5.41, 5.74) is 0.654. The lowest BCUT2D eigenvalue weighted by Gasteiger charge is -2.15. The van der Waals surface area contributed by atoms with Crippen molar-refractivity contribution >= 4 is 23.2 Å². The van der Waals surface area contributed by atoms with Crippen molar-refractivity contribution in [3.05, 3.63) is 53.6 Å². The summed E-state index contributed by atoms with van der Waals surface area (Å²) in [4.78, 5) is 12.1. The summed E-state index contributed by atoms with van der Waals surface area (Å²) in [5, 5.41) is 3.34. The Morgan fingerprint density at radius 3 is 2.57 bits per heavy atom. The maximum absolute atomic E-state index is 12.1. The van der Waals surface area contributed by atoms with Gasteiger partial charge in [-0.3, -0.25) is 4.79 Å². The number of hydrogen-bond acceptors (Lipinski definition) is 3. The van der Waals surface area contributed by atoms with Gasteiger partial charge in [0.1, 0.15) is 11.5 Å². The first-order valence-electron chi connectivity index (χ1n) is 6.45. The zero-order valence-corrected chi connectivity index (χ0v) is 12.6. The lowest BCUT2D eigenvalue weighted by atomic mass is 10.2. The quantitative estimate of drug-likeness (QED) is 0.915. The number of ether oxygens (including phenoxy) is 2. The Morgan fingerprint density at radius 1 is 1.14 bits per heavy atom. The highest BCUT2D eigenvalue weighted by atomic mass is 35.5. The van der Waals surface area contributed by atoms with Crippen molar-refractivity contribution in [2.75, 3.05) is 12.4 Å². The number of methoxy groups -OCH3 is 1. The molecule has 0 heterocycles. The minimum Gasteiger partial charge on any atom is -0.497 e. The van der Waals surface area contributed by atoms with Gasteiger partial charge in [-0.15, -0.1) is 0 Å². The molecule has 21 heavy (non-hydrogen) atoms. The summed E-state index contributed by atoms with van der Waals surface area (Å²) in [6.45, 7) is 1.68. The van der Waals surface area contributed by atoms with Crippen LogP contribution in [-0.4, -0.2) is 19.1 Å². The number of anilines is 1. The average molecular weight is 306 g/mol. The van der Waals surface area contributed by atoms with Crippen molar-refractivity contribution in [3.63, 3.8) is 0 Å². The third kappa shape index (κ3) is 4.39. The van der Waals surface area contributed by atoms with Crippen molar-refractivity contribution in [3.8, 4) is 11.5 Å². The minimum atomic E-state index is -0.644. The van der Waals surface area contributed by atoms with E-state index >= 15 is 0 Å². The fourth-order valence-electron chi connectivity index (χ4n) is 1.74. The van der Waals surface area contributed by atoms with Gasteiger partial charge in [-0.05, 0) is 37.3 Å². The van der Waals surface area contributed by atoms with Gasteiger partial charge in [-0.2, -0.15) is 0 Å². The van der Waals surface area contributed by atoms with Gasteiger partial charge < -0.3 is 14.8 Å². The standard InChI is InChI=1S/C16H16ClNO3/c1-11(21-15-8-3-5-12(17)9-15)16(19)18-13-6-4-7-14(10-13)20-2/h3-11H,1-2H3,(H,18,19)/t11-/m0/s1. The van der Waals surface area contributed by atoms with Crippen molar-refractivity contribution in [1.82, 2.24) is 0 Å². The van der Waals surface area contributed by atoms with E-state index in [0.717, 1.165) is 0 Å². The van der Waals surface area contributed by atoms with Crippen LogP contribution in [0.25, 0.3) is 0 Å². The SMILES string of the molecule is COc1cccc(NC(=O)[C@H](C)Oc2cccc(Cl)c2)c1. The van der Waals surface area contributed by atoms with Crippen LogP contribution in [0.3, 0.4) is 0 Å². The number of hydrogen-bond donors (Lipinski definition) is 1. The minimum absolute atomic E-state index is 0.247. The Hall–Kier alpha value is -2.20. The molecule has 4 nitrogen and oxygen atoms in total. The third-order valence-corrected chi connectivity index (χ3v) is 3.05. The molecule has 1 atom stereocenters. The fourth-order valence-corrected chi connectivity index (χ4v) is 1.92. The predicted molar refractivity (Wildman–Crippen MR) is 83.2 cm³/mol. The zero-order chi connectivity index (χ0) is 15.2. The van der Waals surface area contributed by atoms with Crippen molar-refractivity contribution in [1.29, 1.82) is 0 Å². The number of amides is 1. The van der Waals surface area contributed by atoms with Crippen LogP contribution in [0.2, 0.25) is 5.02 Å². The van der Waals surface area contributed by atoms with Crippen LogP contribution in [0.1, 0.15) is 6.92 Å². The van der Waals surface area contributed by atoms with E-state index < -0.39 is 6.10 Å². The van der Waals surface area contributed by atoms with Gasteiger partial charge in [-0.1, -0.05) is 23.7 Å². The number of carbonyl (C=O) groups is 1. The molecule has 0 aliphatic heterocycles. The van der Waals surface area contributed by atoms with Gasteiger partial charge in [-0.25, -0.2) is 0 Å². The number of benzene rings is 2. The summed E-state index contributed by atoms with van der Waals surface area (Å²) in [6.07, 6.45) is -0.644. The molecule has 110 valence electrons. The molecule has 0 fully saturated rings. The summed E-state index contributed by atoms with van der Waals surface area (Å²) < 4.78 is 10.7. The first-order valence-corrected chi connectivity index (χ1v) is 6.83. The van der Waals surface area contributed by atoms with Crippen molar-refractivity contribution in [2.45, 2.75) is 13.0 Å². The molecular formula is C16H16ClNO3. The summed E-state index contributed by atoms with van der Waals surface area (Å²) in [6, 6.07) is 14.1. The van der Waals surface area contributed by atoms with Crippen molar-refractivity contribution < 1.29 is 14.3 Å². The normalized spacial score (nSPS) is 11.6. The van der Waals surface area contributed by atoms with E-state index in [0.29, 0.717) is 22.2 Å². The number of halogens is 1. The molecule has 2 rings (SSSR count). The van der Waals surface area contributed by atoms with Crippen LogP contribution < -0.4 is 14.8 Å². The second-order valence-corrected chi connectivity index (χ2v) is 4.88. The van der Waals surface area contributed by atoms with E-state index in [1.807, 2.05) is 6.07 Å². The van der Waals surface area contributed by atoms with Crippen molar-refractivity contribution in [2.24, 2.45) is 0 Å². The zero-order valence-electron chi connectivity index (χ0n) is 11.8. The summed E-state index contributed by atoms with van der Waals surface area (Å²) in [7, 11) is 1.58. The Kier molecular flexibility index (Phi) is 5.06. The van der Waals surface area contributed by atoms with E-state index in [1.54, 1.807) is 56.5 Å². The van der Waals surface area contributed by atoms with E-state index in [1.165, 1.54) is 0 Å². The molecular weight excluding hydrogens is 290 g/mol. The van der Waals surface area contributed by atoms with Gasteiger partial charge in [0, 0.05) is 16.8 Å². The number of carbonyl (C=O) groups excluding carboxylic acids is 1. The smallest absolute Gasteiger partial charge is 0.265 e. The Bertz CT molecular complexity index is 630. The van der Waals surface area contributed by atoms with Crippen LogP contribution in [0, 0.1) is 0 Å². The molecule has 0 spiro atoms. The first-order chi connectivity index (χ1) is 10.1. The molecule has 5 heteroatoms. The largest absolute Gasteiger partial charge is 0.497 e. The Balaban J connectivity index is 1.99. The van der Waals surface area contributed by atoms with E-state index in [9.17, 15) is 4.79 Å². The average Bonchev–Trinajstić information content (AvgIpc) is 2.47. The maximum Gasteiger partial charge on any atom is 0.265 e. The highest BCUT2D eigenvalue weighted by molar-refractivity contribution is 6.30.